The topological polar surface area (TPSA) is 65.5 Å². The Morgan fingerprint density at radius 1 is 0.138 bits per heavy atom. The molecule has 0 amide bonds. The van der Waals surface area contributed by atoms with Crippen molar-refractivity contribution in [2.75, 3.05) is 19.6 Å². The molecule has 23 aromatic carbocycles. The van der Waals surface area contributed by atoms with Crippen LogP contribution < -0.4 is 19.6 Å². The van der Waals surface area contributed by atoms with Crippen LogP contribution in [-0.2, 0) is 0 Å². The summed E-state index contributed by atoms with van der Waals surface area (Å²) in [7, 11) is 0. The lowest BCUT2D eigenvalue weighted by Crippen LogP contribution is -2.11. The zero-order valence-corrected chi connectivity index (χ0v) is 70.3. The second-order valence-electron chi connectivity index (χ2n) is 33.6. The highest BCUT2D eigenvalue weighted by Gasteiger charge is 2.27. The van der Waals surface area contributed by atoms with Gasteiger partial charge in [-0.3, -0.25) is 0 Å². The maximum Gasteiger partial charge on any atom is 0.159 e. The van der Waals surface area contributed by atoms with E-state index >= 15 is 0 Å². The molecule has 608 valence electrons. The van der Waals surface area contributed by atoms with Crippen LogP contribution in [0, 0.1) is 0 Å². The van der Waals surface area contributed by atoms with Crippen molar-refractivity contribution in [2.24, 2.45) is 0 Å². The van der Waals surface area contributed by atoms with E-state index in [1.807, 2.05) is 48.5 Å². The molecule has 4 aromatic heterocycles. The number of rotatable bonds is 13. The number of hydrogen-bond donors (Lipinski definition) is 0. The Morgan fingerprint density at radius 3 is 0.862 bits per heavy atom. The predicted molar refractivity (Wildman–Crippen MR) is 546 cm³/mol. The third-order valence-electron chi connectivity index (χ3n) is 26.4. The summed E-state index contributed by atoms with van der Waals surface area (Å²) in [5, 5.41) is 28.3. The first kappa shape index (κ1) is 74.0. The standard InChI is InChI=1S/C64H40N2O2.C58H36N2O2/c1-3-16-41(17-4-1)47-20-9-12-26-58(47)66(46-33-37-62-57(40-46)52-23-11-13-28-60(52)67-62)45-32-36-50-54-34-30-42-38-44(31-35-48(42)63(54)53-24-8-7-21-49(53)56(50)39-45)65(43-18-5-2-6-19-43)59-27-15-25-55-51-22-10-14-29-61(51)68-64(55)59;1-3-14-38(15-4-1)59(42-29-33-56-52(36-42)47-20-10-11-24-54(47)61-56)41-28-32-45-49-30-26-37-34-40(27-31-43(37)57(49)48-21-8-7-18-44(48)51(45)35-41)60(39-16-5-2-6-17-39)53-23-13-22-50-46-19-9-12-25-55(46)62-58(50)53/h1-40H;1-36H. The molecule has 0 N–H and O–H groups in total. The minimum atomic E-state index is 0.866. The lowest BCUT2D eigenvalue weighted by Gasteiger charge is -2.28. The Bertz CT molecular complexity index is 9200. The molecule has 0 saturated carbocycles. The third kappa shape index (κ3) is 12.1. The molecule has 0 unspecified atom stereocenters. The van der Waals surface area contributed by atoms with Crippen LogP contribution in [0.2, 0.25) is 0 Å². The lowest BCUT2D eigenvalue weighted by atomic mass is 9.90. The Kier molecular flexibility index (Phi) is 17.2. The molecule has 8 nitrogen and oxygen atoms in total. The van der Waals surface area contributed by atoms with Gasteiger partial charge in [0, 0.05) is 99.8 Å². The fourth-order valence-corrected chi connectivity index (χ4v) is 20.6. The van der Waals surface area contributed by atoms with Crippen molar-refractivity contribution in [1.29, 1.82) is 0 Å². The first-order valence-corrected chi connectivity index (χ1v) is 44.2. The summed E-state index contributed by atoms with van der Waals surface area (Å²) in [6, 6.07) is 165. The second-order valence-corrected chi connectivity index (χ2v) is 33.6. The zero-order valence-electron chi connectivity index (χ0n) is 70.3. The first-order chi connectivity index (χ1) is 64.5. The van der Waals surface area contributed by atoms with Crippen LogP contribution in [0.3, 0.4) is 0 Å². The second kappa shape index (κ2) is 30.2. The summed E-state index contributed by atoms with van der Waals surface area (Å²) in [5.74, 6) is 0. The fourth-order valence-electron chi connectivity index (χ4n) is 20.6. The van der Waals surface area contributed by atoms with Gasteiger partial charge in [-0.1, -0.05) is 297 Å². The van der Waals surface area contributed by atoms with Crippen molar-refractivity contribution in [1.82, 2.24) is 0 Å². The molecule has 0 bridgehead atoms. The van der Waals surface area contributed by atoms with E-state index < -0.39 is 0 Å². The van der Waals surface area contributed by atoms with Gasteiger partial charge in [0.1, 0.15) is 33.5 Å². The molecule has 0 fully saturated rings. The average Bonchev–Trinajstić information content (AvgIpc) is 0.906. The number of anilines is 12. The average molecular weight is 1660 g/mol. The summed E-state index contributed by atoms with van der Waals surface area (Å²) < 4.78 is 25.8. The normalized spacial score (nSPS) is 11.8. The third-order valence-corrected chi connectivity index (χ3v) is 26.4. The van der Waals surface area contributed by atoms with E-state index in [1.165, 1.54) is 86.2 Å². The van der Waals surface area contributed by atoms with E-state index in [-0.39, 0.29) is 0 Å². The molecular weight excluding hydrogens is 1590 g/mol. The van der Waals surface area contributed by atoms with E-state index in [1.54, 1.807) is 0 Å². The summed E-state index contributed by atoms with van der Waals surface area (Å²) in [5.41, 5.74) is 22.1. The molecule has 0 radical (unpaired) electrons. The van der Waals surface area contributed by atoms with Gasteiger partial charge in [0.25, 0.3) is 0 Å². The largest absolute Gasteiger partial charge is 0.456 e. The van der Waals surface area contributed by atoms with Crippen LogP contribution in [0.4, 0.5) is 68.2 Å². The van der Waals surface area contributed by atoms with Crippen LogP contribution in [0.25, 0.3) is 185 Å². The van der Waals surface area contributed by atoms with Crippen molar-refractivity contribution in [2.45, 2.75) is 0 Å². The van der Waals surface area contributed by atoms with Crippen LogP contribution in [0.1, 0.15) is 0 Å². The summed E-state index contributed by atoms with van der Waals surface area (Å²) in [6.45, 7) is 0. The molecule has 0 aliphatic heterocycles. The smallest absolute Gasteiger partial charge is 0.159 e. The number of para-hydroxylation sites is 10. The first-order valence-electron chi connectivity index (χ1n) is 44.2. The van der Waals surface area contributed by atoms with Gasteiger partial charge in [-0.25, -0.2) is 0 Å². The molecule has 0 aliphatic carbocycles. The van der Waals surface area contributed by atoms with Crippen molar-refractivity contribution in [3.63, 3.8) is 0 Å². The minimum absolute atomic E-state index is 0.866. The van der Waals surface area contributed by atoms with Crippen LogP contribution >= 0.6 is 0 Å². The van der Waals surface area contributed by atoms with Crippen LogP contribution in [0.5, 0.6) is 0 Å². The molecule has 130 heavy (non-hydrogen) atoms. The van der Waals surface area contributed by atoms with Gasteiger partial charge >= 0.3 is 0 Å². The highest BCUT2D eigenvalue weighted by molar-refractivity contribution is 6.34. The molecule has 8 heteroatoms. The van der Waals surface area contributed by atoms with Gasteiger partial charge in [-0.05, 0) is 256 Å². The molecule has 27 rings (SSSR count). The number of benzene rings is 23. The monoisotopic (exact) mass is 1660 g/mol. The molecule has 0 spiro atoms. The van der Waals surface area contributed by atoms with Gasteiger partial charge in [-0.15, -0.1) is 0 Å². The van der Waals surface area contributed by atoms with Crippen molar-refractivity contribution in [3.8, 4) is 11.1 Å². The maximum atomic E-state index is 6.62. The van der Waals surface area contributed by atoms with E-state index in [2.05, 4.69) is 432 Å². The van der Waals surface area contributed by atoms with E-state index in [9.17, 15) is 0 Å². The maximum absolute atomic E-state index is 6.62. The minimum Gasteiger partial charge on any atom is -0.456 e. The number of fused-ring (bicyclic) bond motifs is 28. The predicted octanol–water partition coefficient (Wildman–Crippen LogP) is 35.7. The Balaban J connectivity index is 0.000000137. The summed E-state index contributed by atoms with van der Waals surface area (Å²) in [4.78, 5) is 9.41. The highest BCUT2D eigenvalue weighted by atomic mass is 16.3. The van der Waals surface area contributed by atoms with Crippen molar-refractivity contribution >= 4 is 242 Å². The molecule has 0 saturated heterocycles. The molecule has 27 aromatic rings. The lowest BCUT2D eigenvalue weighted by molar-refractivity contribution is 0.668. The van der Waals surface area contributed by atoms with Gasteiger partial charge in [0.05, 0.1) is 17.1 Å². The molecule has 0 atom stereocenters. The fraction of sp³-hybridized carbons (Fsp3) is 0. The summed E-state index contributed by atoms with van der Waals surface area (Å²) >= 11 is 0. The number of furan rings is 4. The molecular formula is C122H76N4O4. The summed E-state index contributed by atoms with van der Waals surface area (Å²) in [6.07, 6.45) is 0. The zero-order chi connectivity index (χ0) is 85.4. The quantitative estimate of drug-likeness (QED) is 0.106. The van der Waals surface area contributed by atoms with E-state index in [0.717, 1.165) is 167 Å². The van der Waals surface area contributed by atoms with Gasteiger partial charge in [0.2, 0.25) is 0 Å². The molecule has 4 heterocycles. The Morgan fingerprint density at radius 2 is 0.415 bits per heavy atom. The number of nitrogens with zero attached hydrogens (tertiary/aromatic N) is 4. The van der Waals surface area contributed by atoms with Crippen LogP contribution in [-0.4, -0.2) is 0 Å². The highest BCUT2D eigenvalue weighted by Crippen LogP contribution is 2.52. The van der Waals surface area contributed by atoms with Crippen molar-refractivity contribution < 1.29 is 17.7 Å². The SMILES string of the molecule is c1ccc(-c2ccccc2N(c2ccc3oc4ccccc4c3c2)c2ccc3c(c2)c2ccccc2c2c4ccc(N(c5ccccc5)c5cccc6c5oc5ccccc56)cc4ccc32)cc1.c1ccc(N(c2ccc3oc4ccccc4c3c2)c2ccc3c(c2)c2ccccc2c2c4ccc(N(c5ccccc5)c5cccc6c5oc5ccccc56)cc4ccc32)cc1. The van der Waals surface area contributed by atoms with Gasteiger partial charge in [0.15, 0.2) is 11.2 Å². The van der Waals surface area contributed by atoms with Gasteiger partial charge in [-0.2, -0.15) is 0 Å². The van der Waals surface area contributed by atoms with Gasteiger partial charge < -0.3 is 37.3 Å². The molecule has 0 aliphatic rings. The van der Waals surface area contributed by atoms with E-state index in [4.69, 9.17) is 17.7 Å². The Hall–Kier alpha value is -17.5. The Labute approximate surface area is 746 Å². The van der Waals surface area contributed by atoms with E-state index in [0.29, 0.717) is 0 Å². The van der Waals surface area contributed by atoms with Crippen molar-refractivity contribution in [3.05, 3.63) is 461 Å². The van der Waals surface area contributed by atoms with Crippen LogP contribution in [0.15, 0.2) is 479 Å². The number of hydrogen-bond acceptors (Lipinski definition) is 8.